The molecule has 0 amide bonds. The third-order valence-electron chi connectivity index (χ3n) is 2.28. The summed E-state index contributed by atoms with van der Waals surface area (Å²) in [4.78, 5) is 22.3. The van der Waals surface area contributed by atoms with Crippen molar-refractivity contribution in [2.24, 2.45) is 0 Å². The van der Waals surface area contributed by atoms with E-state index in [4.69, 9.17) is 25.8 Å². The number of halogens is 1. The van der Waals surface area contributed by atoms with Gasteiger partial charge in [-0.1, -0.05) is 23.7 Å². The highest BCUT2D eigenvalue weighted by molar-refractivity contribution is 6.32. The van der Waals surface area contributed by atoms with Crippen LogP contribution in [0.4, 0.5) is 0 Å². The lowest BCUT2D eigenvalue weighted by atomic mass is 10.3. The van der Waals surface area contributed by atoms with Crippen LogP contribution in [0, 0.1) is 0 Å². The van der Waals surface area contributed by atoms with Crippen LogP contribution in [0.5, 0.6) is 5.75 Å². The van der Waals surface area contributed by atoms with E-state index in [0.29, 0.717) is 17.4 Å². The van der Waals surface area contributed by atoms with Gasteiger partial charge in [-0.05, 0) is 19.1 Å². The van der Waals surface area contributed by atoms with Gasteiger partial charge in [0.05, 0.1) is 24.5 Å². The molecule has 0 saturated heterocycles. The van der Waals surface area contributed by atoms with Crippen LogP contribution in [0.15, 0.2) is 24.3 Å². The molecule has 0 fully saturated rings. The lowest BCUT2D eigenvalue weighted by Crippen LogP contribution is -2.14. The van der Waals surface area contributed by atoms with Crippen molar-refractivity contribution in [1.82, 2.24) is 0 Å². The van der Waals surface area contributed by atoms with Crippen LogP contribution in [0.3, 0.4) is 0 Å². The molecule has 0 spiro atoms. The van der Waals surface area contributed by atoms with Crippen molar-refractivity contribution in [2.45, 2.75) is 19.8 Å². The first-order chi connectivity index (χ1) is 9.63. The van der Waals surface area contributed by atoms with Gasteiger partial charge in [-0.3, -0.25) is 9.59 Å². The normalized spacial score (nSPS) is 9.90. The second kappa shape index (κ2) is 9.20. The zero-order valence-electron chi connectivity index (χ0n) is 11.3. The molecule has 0 radical (unpaired) electrons. The predicted octanol–water partition coefficient (Wildman–Crippen LogP) is 2.61. The minimum atomic E-state index is -0.458. The van der Waals surface area contributed by atoms with Crippen molar-refractivity contribution in [1.29, 1.82) is 0 Å². The molecule has 110 valence electrons. The minimum absolute atomic E-state index is 0.00489. The van der Waals surface area contributed by atoms with Gasteiger partial charge in [-0.15, -0.1) is 0 Å². The van der Waals surface area contributed by atoms with Crippen LogP contribution < -0.4 is 4.74 Å². The first-order valence-electron chi connectivity index (χ1n) is 6.32. The molecule has 0 aliphatic heterocycles. The Morgan fingerprint density at radius 3 is 2.35 bits per heavy atom. The number of benzene rings is 1. The fraction of sp³-hybridized carbons (Fsp3) is 0.429. The van der Waals surface area contributed by atoms with Crippen molar-refractivity contribution in [3.8, 4) is 5.75 Å². The Labute approximate surface area is 122 Å². The molecule has 0 bridgehead atoms. The van der Waals surface area contributed by atoms with E-state index in [2.05, 4.69) is 0 Å². The molecule has 0 heterocycles. The van der Waals surface area contributed by atoms with Crippen LogP contribution in [0.2, 0.25) is 5.02 Å². The van der Waals surface area contributed by atoms with E-state index < -0.39 is 11.9 Å². The van der Waals surface area contributed by atoms with E-state index >= 15 is 0 Å². The third kappa shape index (κ3) is 6.43. The Morgan fingerprint density at radius 1 is 1.05 bits per heavy atom. The SMILES string of the molecule is CCOC(=O)CCC(=O)OCCOc1ccccc1Cl. The Morgan fingerprint density at radius 2 is 1.70 bits per heavy atom. The van der Waals surface area contributed by atoms with Gasteiger partial charge >= 0.3 is 11.9 Å². The second-order valence-electron chi connectivity index (χ2n) is 3.80. The van der Waals surface area contributed by atoms with Crippen molar-refractivity contribution >= 4 is 23.5 Å². The standard InChI is InChI=1S/C14H17ClO5/c1-2-18-13(16)7-8-14(17)20-10-9-19-12-6-4-3-5-11(12)15/h3-6H,2,7-10H2,1H3. The number of rotatable bonds is 8. The van der Waals surface area contributed by atoms with Crippen molar-refractivity contribution in [2.75, 3.05) is 19.8 Å². The summed E-state index contributed by atoms with van der Waals surface area (Å²) < 4.78 is 15.0. The van der Waals surface area contributed by atoms with Gasteiger partial charge in [0.25, 0.3) is 0 Å². The Bertz CT molecular complexity index is 447. The summed E-state index contributed by atoms with van der Waals surface area (Å²) in [6.07, 6.45) is 0.0307. The van der Waals surface area contributed by atoms with Crippen LogP contribution >= 0.6 is 11.6 Å². The molecule has 1 aromatic rings. The largest absolute Gasteiger partial charge is 0.488 e. The first kappa shape index (κ1) is 16.3. The number of hydrogen-bond acceptors (Lipinski definition) is 5. The molecule has 0 aliphatic rings. The van der Waals surface area contributed by atoms with Gasteiger partial charge in [0.1, 0.15) is 19.0 Å². The van der Waals surface area contributed by atoms with Gasteiger partial charge in [0, 0.05) is 0 Å². The zero-order chi connectivity index (χ0) is 14.8. The summed E-state index contributed by atoms with van der Waals surface area (Å²) in [5.74, 6) is -0.325. The lowest BCUT2D eigenvalue weighted by Gasteiger charge is -2.08. The highest BCUT2D eigenvalue weighted by Crippen LogP contribution is 2.22. The summed E-state index contributed by atoms with van der Waals surface area (Å²) in [5.41, 5.74) is 0. The Hall–Kier alpha value is -1.75. The molecular formula is C14H17ClO5. The fourth-order valence-electron chi connectivity index (χ4n) is 1.38. The molecule has 20 heavy (non-hydrogen) atoms. The van der Waals surface area contributed by atoms with Crippen LogP contribution in [-0.4, -0.2) is 31.8 Å². The predicted molar refractivity (Wildman–Crippen MR) is 73.8 cm³/mol. The molecule has 5 nitrogen and oxygen atoms in total. The molecule has 6 heteroatoms. The maximum Gasteiger partial charge on any atom is 0.306 e. The molecule has 1 aromatic carbocycles. The van der Waals surface area contributed by atoms with E-state index in [1.165, 1.54) is 0 Å². The first-order valence-corrected chi connectivity index (χ1v) is 6.70. The monoisotopic (exact) mass is 300 g/mol. The maximum atomic E-state index is 11.3. The van der Waals surface area contributed by atoms with E-state index in [1.54, 1.807) is 31.2 Å². The average Bonchev–Trinajstić information content (AvgIpc) is 2.43. The summed E-state index contributed by atoms with van der Waals surface area (Å²) in [6, 6.07) is 7.03. The number of esters is 2. The number of para-hydroxylation sites is 1. The second-order valence-corrected chi connectivity index (χ2v) is 4.21. The zero-order valence-corrected chi connectivity index (χ0v) is 12.0. The van der Waals surface area contributed by atoms with Crippen molar-refractivity contribution < 1.29 is 23.8 Å². The molecule has 1 rings (SSSR count). The van der Waals surface area contributed by atoms with E-state index in [-0.39, 0.29) is 26.1 Å². The molecule has 0 aliphatic carbocycles. The van der Waals surface area contributed by atoms with Gasteiger partial charge in [0.15, 0.2) is 0 Å². The summed E-state index contributed by atoms with van der Waals surface area (Å²) in [6.45, 7) is 2.32. The van der Waals surface area contributed by atoms with Crippen LogP contribution in [0.25, 0.3) is 0 Å². The molecule has 0 unspecified atom stereocenters. The fourth-order valence-corrected chi connectivity index (χ4v) is 1.57. The number of carbonyl (C=O) groups excluding carboxylic acids is 2. The van der Waals surface area contributed by atoms with Crippen LogP contribution in [0.1, 0.15) is 19.8 Å². The van der Waals surface area contributed by atoms with Gasteiger partial charge < -0.3 is 14.2 Å². The molecule has 0 aromatic heterocycles. The Balaban J connectivity index is 2.13. The van der Waals surface area contributed by atoms with Crippen LogP contribution in [-0.2, 0) is 19.1 Å². The van der Waals surface area contributed by atoms with Gasteiger partial charge in [-0.25, -0.2) is 0 Å². The Kier molecular flexibility index (Phi) is 7.50. The number of ether oxygens (including phenoxy) is 3. The van der Waals surface area contributed by atoms with E-state index in [9.17, 15) is 9.59 Å². The van der Waals surface area contributed by atoms with Crippen molar-refractivity contribution in [3.63, 3.8) is 0 Å². The lowest BCUT2D eigenvalue weighted by molar-refractivity contribution is -0.150. The molecular weight excluding hydrogens is 284 g/mol. The third-order valence-corrected chi connectivity index (χ3v) is 2.59. The number of carbonyl (C=O) groups is 2. The summed E-state index contributed by atoms with van der Waals surface area (Å²) in [5, 5.41) is 0.501. The molecule has 0 saturated carbocycles. The highest BCUT2D eigenvalue weighted by Gasteiger charge is 2.08. The average molecular weight is 301 g/mol. The van der Waals surface area contributed by atoms with Crippen molar-refractivity contribution in [3.05, 3.63) is 29.3 Å². The molecule has 0 N–H and O–H groups in total. The topological polar surface area (TPSA) is 61.8 Å². The minimum Gasteiger partial charge on any atom is -0.488 e. The number of hydrogen-bond donors (Lipinski definition) is 0. The summed E-state index contributed by atoms with van der Waals surface area (Å²) >= 11 is 5.90. The molecule has 0 atom stereocenters. The maximum absolute atomic E-state index is 11.3. The summed E-state index contributed by atoms with van der Waals surface area (Å²) in [7, 11) is 0. The van der Waals surface area contributed by atoms with E-state index in [0.717, 1.165) is 0 Å². The highest BCUT2D eigenvalue weighted by atomic mass is 35.5. The van der Waals surface area contributed by atoms with E-state index in [1.807, 2.05) is 0 Å². The van der Waals surface area contributed by atoms with Gasteiger partial charge in [-0.2, -0.15) is 0 Å². The quantitative estimate of drug-likeness (QED) is 0.545. The van der Waals surface area contributed by atoms with Gasteiger partial charge in [0.2, 0.25) is 0 Å². The smallest absolute Gasteiger partial charge is 0.306 e.